The van der Waals surface area contributed by atoms with Crippen molar-refractivity contribution in [2.45, 2.75) is 52.1 Å². The molecule has 106 valence electrons. The van der Waals surface area contributed by atoms with Crippen LogP contribution in [0.1, 0.15) is 50.0 Å². The molecular formula is C14H23N3OS. The summed E-state index contributed by atoms with van der Waals surface area (Å²) in [4.78, 5) is 19.8. The third-order valence-corrected chi connectivity index (χ3v) is 4.13. The summed E-state index contributed by atoms with van der Waals surface area (Å²) in [5, 5.41) is 3.45. The van der Waals surface area contributed by atoms with Crippen LogP contribution in [0.15, 0.2) is 5.51 Å². The van der Waals surface area contributed by atoms with Crippen LogP contribution >= 0.6 is 11.3 Å². The van der Waals surface area contributed by atoms with Crippen LogP contribution in [0.25, 0.3) is 0 Å². The summed E-state index contributed by atoms with van der Waals surface area (Å²) in [5.74, 6) is 0.132. The van der Waals surface area contributed by atoms with Crippen LogP contribution in [0, 0.1) is 0 Å². The van der Waals surface area contributed by atoms with E-state index in [9.17, 15) is 4.79 Å². The Hall–Kier alpha value is -0.940. The van der Waals surface area contributed by atoms with Gasteiger partial charge < -0.3 is 10.2 Å². The monoisotopic (exact) mass is 281 g/mol. The zero-order chi connectivity index (χ0) is 14.2. The van der Waals surface area contributed by atoms with Gasteiger partial charge in [0, 0.05) is 30.6 Å². The molecule has 2 atom stereocenters. The van der Waals surface area contributed by atoms with E-state index >= 15 is 0 Å². The first-order valence-electron chi connectivity index (χ1n) is 6.78. The molecule has 1 N–H and O–H groups in total. The van der Waals surface area contributed by atoms with Gasteiger partial charge in [-0.15, -0.1) is 11.3 Å². The van der Waals surface area contributed by atoms with E-state index in [2.05, 4.69) is 44.9 Å². The van der Waals surface area contributed by atoms with Gasteiger partial charge in [-0.1, -0.05) is 20.8 Å². The van der Waals surface area contributed by atoms with Crippen molar-refractivity contribution in [3.05, 3.63) is 16.1 Å². The number of aromatic nitrogens is 1. The van der Waals surface area contributed by atoms with Gasteiger partial charge in [0.2, 0.25) is 0 Å². The van der Waals surface area contributed by atoms with Crippen molar-refractivity contribution in [3.63, 3.8) is 0 Å². The van der Waals surface area contributed by atoms with Crippen molar-refractivity contribution in [2.75, 3.05) is 13.1 Å². The molecule has 1 aromatic heterocycles. The second kappa shape index (κ2) is 5.21. The van der Waals surface area contributed by atoms with Crippen molar-refractivity contribution < 1.29 is 4.79 Å². The molecule has 0 bridgehead atoms. The molecule has 1 aliphatic rings. The fourth-order valence-electron chi connectivity index (χ4n) is 2.57. The molecule has 0 aliphatic carbocycles. The van der Waals surface area contributed by atoms with Crippen molar-refractivity contribution in [1.29, 1.82) is 0 Å². The Morgan fingerprint density at radius 1 is 1.37 bits per heavy atom. The van der Waals surface area contributed by atoms with Gasteiger partial charge in [-0.05, 0) is 13.8 Å². The first-order chi connectivity index (χ1) is 8.79. The quantitative estimate of drug-likeness (QED) is 0.859. The van der Waals surface area contributed by atoms with Gasteiger partial charge in [-0.3, -0.25) is 4.79 Å². The Morgan fingerprint density at radius 2 is 1.95 bits per heavy atom. The highest BCUT2D eigenvalue weighted by atomic mass is 32.1. The molecule has 19 heavy (non-hydrogen) atoms. The number of carbonyl (C=O) groups excluding carboxylic acids is 1. The molecule has 0 spiro atoms. The average Bonchev–Trinajstić information content (AvgIpc) is 2.74. The Balaban J connectivity index is 2.23. The number of carbonyl (C=O) groups is 1. The van der Waals surface area contributed by atoms with E-state index < -0.39 is 0 Å². The highest BCUT2D eigenvalue weighted by Gasteiger charge is 2.31. The molecule has 1 saturated heterocycles. The number of thiazole rings is 1. The number of nitrogens with one attached hydrogen (secondary N) is 1. The van der Waals surface area contributed by atoms with Crippen LogP contribution in [0.5, 0.6) is 0 Å². The lowest BCUT2D eigenvalue weighted by Gasteiger charge is -2.36. The molecule has 4 nitrogen and oxygen atoms in total. The molecule has 2 heterocycles. The van der Waals surface area contributed by atoms with Gasteiger partial charge in [0.05, 0.1) is 11.2 Å². The lowest BCUT2D eigenvalue weighted by atomic mass is 9.91. The molecule has 0 radical (unpaired) electrons. The molecule has 1 aliphatic heterocycles. The van der Waals surface area contributed by atoms with E-state index in [-0.39, 0.29) is 11.3 Å². The maximum absolute atomic E-state index is 12.7. The summed E-state index contributed by atoms with van der Waals surface area (Å²) >= 11 is 1.46. The molecule has 0 aromatic carbocycles. The normalized spacial score (nSPS) is 24.6. The third kappa shape index (κ3) is 3.15. The number of hydrogen-bond acceptors (Lipinski definition) is 4. The van der Waals surface area contributed by atoms with Crippen molar-refractivity contribution in [1.82, 2.24) is 15.2 Å². The second-order valence-electron chi connectivity index (χ2n) is 6.46. The van der Waals surface area contributed by atoms with Gasteiger partial charge in [0.15, 0.2) is 0 Å². The van der Waals surface area contributed by atoms with Crippen LogP contribution in [0.4, 0.5) is 0 Å². The predicted octanol–water partition coefficient (Wildman–Crippen LogP) is 2.26. The summed E-state index contributed by atoms with van der Waals surface area (Å²) in [6.45, 7) is 12.1. The fraction of sp³-hybridized carbons (Fsp3) is 0.714. The van der Waals surface area contributed by atoms with Gasteiger partial charge in [0.1, 0.15) is 4.88 Å². The molecular weight excluding hydrogens is 258 g/mol. The maximum atomic E-state index is 12.7. The Morgan fingerprint density at radius 3 is 2.47 bits per heavy atom. The van der Waals surface area contributed by atoms with Crippen LogP contribution in [-0.2, 0) is 5.41 Å². The van der Waals surface area contributed by atoms with Gasteiger partial charge in [0.25, 0.3) is 5.91 Å². The molecule has 1 aromatic rings. The van der Waals surface area contributed by atoms with Crippen LogP contribution in [-0.4, -0.2) is 41.0 Å². The van der Waals surface area contributed by atoms with E-state index in [0.29, 0.717) is 12.1 Å². The van der Waals surface area contributed by atoms with Crippen molar-refractivity contribution in [3.8, 4) is 0 Å². The zero-order valence-corrected chi connectivity index (χ0v) is 13.2. The minimum atomic E-state index is -0.0870. The number of rotatable bonds is 1. The number of nitrogens with zero attached hydrogens (tertiary/aromatic N) is 2. The van der Waals surface area contributed by atoms with Crippen LogP contribution in [0.2, 0.25) is 0 Å². The lowest BCUT2D eigenvalue weighted by Crippen LogP contribution is -2.55. The molecule has 0 saturated carbocycles. The standard InChI is InChI=1S/C14H23N3OS/c1-9-6-17(7-10(2)16-9)13(18)11-12(14(3,4)5)15-8-19-11/h8-10,16H,6-7H2,1-5H3/t9-,10-/m0/s1. The van der Waals surface area contributed by atoms with Crippen LogP contribution < -0.4 is 5.32 Å². The zero-order valence-electron chi connectivity index (χ0n) is 12.4. The summed E-state index contributed by atoms with van der Waals surface area (Å²) in [6, 6.07) is 0.692. The highest BCUT2D eigenvalue weighted by molar-refractivity contribution is 7.11. The summed E-state index contributed by atoms with van der Waals surface area (Å²) in [7, 11) is 0. The Bertz CT molecular complexity index is 454. The van der Waals surface area contributed by atoms with Crippen molar-refractivity contribution >= 4 is 17.2 Å². The SMILES string of the molecule is C[C@H]1CN(C(=O)c2scnc2C(C)(C)C)C[C@H](C)N1. The van der Waals surface area contributed by atoms with Crippen molar-refractivity contribution in [2.24, 2.45) is 0 Å². The highest BCUT2D eigenvalue weighted by Crippen LogP contribution is 2.28. The van der Waals surface area contributed by atoms with Gasteiger partial charge >= 0.3 is 0 Å². The summed E-state index contributed by atoms with van der Waals surface area (Å²) < 4.78 is 0. The summed E-state index contributed by atoms with van der Waals surface area (Å²) in [5.41, 5.74) is 2.61. The van der Waals surface area contributed by atoms with E-state index in [1.165, 1.54) is 11.3 Å². The topological polar surface area (TPSA) is 45.2 Å². The second-order valence-corrected chi connectivity index (χ2v) is 7.31. The molecule has 5 heteroatoms. The minimum absolute atomic E-state index is 0.0870. The fourth-order valence-corrected chi connectivity index (χ4v) is 3.53. The molecule has 0 unspecified atom stereocenters. The Kier molecular flexibility index (Phi) is 3.97. The minimum Gasteiger partial charge on any atom is -0.335 e. The number of amides is 1. The smallest absolute Gasteiger partial charge is 0.265 e. The summed E-state index contributed by atoms with van der Waals surface area (Å²) in [6.07, 6.45) is 0. The van der Waals surface area contributed by atoms with Gasteiger partial charge in [-0.2, -0.15) is 0 Å². The maximum Gasteiger partial charge on any atom is 0.265 e. The number of hydrogen-bond donors (Lipinski definition) is 1. The van der Waals surface area contributed by atoms with E-state index in [4.69, 9.17) is 0 Å². The van der Waals surface area contributed by atoms with Gasteiger partial charge in [-0.25, -0.2) is 4.98 Å². The molecule has 2 rings (SSSR count). The first kappa shape index (κ1) is 14.5. The lowest BCUT2D eigenvalue weighted by molar-refractivity contribution is 0.0676. The number of piperazine rings is 1. The largest absolute Gasteiger partial charge is 0.335 e. The van der Waals surface area contributed by atoms with E-state index in [1.807, 2.05) is 4.90 Å². The Labute approximate surface area is 119 Å². The first-order valence-corrected chi connectivity index (χ1v) is 7.66. The van der Waals surface area contributed by atoms with E-state index in [1.54, 1.807) is 5.51 Å². The van der Waals surface area contributed by atoms with Crippen LogP contribution in [0.3, 0.4) is 0 Å². The van der Waals surface area contributed by atoms with E-state index in [0.717, 1.165) is 23.7 Å². The molecule has 1 amide bonds. The average molecular weight is 281 g/mol. The molecule has 1 fully saturated rings. The third-order valence-electron chi connectivity index (χ3n) is 3.32. The predicted molar refractivity (Wildman–Crippen MR) is 78.8 cm³/mol.